The summed E-state index contributed by atoms with van der Waals surface area (Å²) < 4.78 is 42.5. The zero-order valence-corrected chi connectivity index (χ0v) is 11.4. The van der Waals surface area contributed by atoms with Crippen molar-refractivity contribution < 1.29 is 16.8 Å². The Morgan fingerprint density at radius 1 is 1.33 bits per heavy atom. The number of nitrogens with one attached hydrogen (secondary N) is 1. The van der Waals surface area contributed by atoms with Gasteiger partial charge in [0.2, 0.25) is 0 Å². The van der Waals surface area contributed by atoms with Crippen LogP contribution in [0.2, 0.25) is 0 Å². The minimum Gasteiger partial charge on any atom is -0.564 e. The van der Waals surface area contributed by atoms with Crippen molar-refractivity contribution >= 4 is 71.2 Å². The fraction of sp³-hybridized carbons (Fsp3) is 1.00. The van der Waals surface area contributed by atoms with E-state index in [0.29, 0.717) is 0 Å². The molecular formula is C4H8KNO4S2-. The summed E-state index contributed by atoms with van der Waals surface area (Å²) in [4.78, 5) is 0. The molecule has 1 rings (SSSR count). The summed E-state index contributed by atoms with van der Waals surface area (Å²) in [7, 11) is -7.08. The van der Waals surface area contributed by atoms with Crippen LogP contribution in [0.4, 0.5) is 0 Å². The van der Waals surface area contributed by atoms with Gasteiger partial charge in [0.15, 0.2) is 9.84 Å². The van der Waals surface area contributed by atoms with Crippen molar-refractivity contribution in [2.75, 3.05) is 11.5 Å². The number of sulfone groups is 1. The standard InChI is InChI=1S/C4H8NO4S2.K/c5-11(8,9)4-1-2-10(6,7)3-4;/h4H,1-3H2,(H-,5,8,9);/q-1;. The Labute approximate surface area is 114 Å². The fourth-order valence-corrected chi connectivity index (χ4v) is 4.47. The topological polar surface area (TPSA) is 92.1 Å². The molecule has 12 heavy (non-hydrogen) atoms. The first-order valence-electron chi connectivity index (χ1n) is 3.00. The maximum absolute atomic E-state index is 10.7. The predicted octanol–water partition coefficient (Wildman–Crippen LogP) is -0.825. The summed E-state index contributed by atoms with van der Waals surface area (Å²) in [5, 5.41) is 5.62. The Balaban J connectivity index is 0.00000121. The first-order chi connectivity index (χ1) is 4.81. The molecule has 0 aromatic rings. The average molecular weight is 237 g/mol. The third kappa shape index (κ3) is 3.70. The fourth-order valence-electron chi connectivity index (χ4n) is 1.01. The Bertz CT molecular complexity index is 345. The van der Waals surface area contributed by atoms with Crippen LogP contribution in [0.25, 0.3) is 5.14 Å². The van der Waals surface area contributed by atoms with Crippen molar-refractivity contribution in [3.05, 3.63) is 5.14 Å². The van der Waals surface area contributed by atoms with E-state index in [1.165, 1.54) is 0 Å². The molecule has 0 aromatic carbocycles. The molecule has 0 aromatic heterocycles. The third-order valence-electron chi connectivity index (χ3n) is 1.63. The summed E-state index contributed by atoms with van der Waals surface area (Å²) in [6.07, 6.45) is 0.0775. The first-order valence-corrected chi connectivity index (χ1v) is 6.37. The molecule has 0 saturated carbocycles. The van der Waals surface area contributed by atoms with E-state index in [4.69, 9.17) is 5.14 Å². The Hall–Kier alpha value is 1.50. The summed E-state index contributed by atoms with van der Waals surface area (Å²) >= 11 is 0. The molecule has 0 bridgehead atoms. The molecule has 1 unspecified atom stereocenters. The molecule has 1 fully saturated rings. The van der Waals surface area contributed by atoms with Crippen LogP contribution in [0.5, 0.6) is 0 Å². The zero-order valence-electron chi connectivity index (χ0n) is 6.65. The van der Waals surface area contributed by atoms with Crippen molar-refractivity contribution in [3.63, 3.8) is 0 Å². The van der Waals surface area contributed by atoms with Crippen molar-refractivity contribution in [1.29, 1.82) is 0 Å². The Kier molecular flexibility index (Phi) is 4.89. The smallest absolute Gasteiger partial charge is 0.151 e. The van der Waals surface area contributed by atoms with Gasteiger partial charge < -0.3 is 5.14 Å². The maximum atomic E-state index is 10.7. The summed E-state index contributed by atoms with van der Waals surface area (Å²) in [6.45, 7) is 0. The van der Waals surface area contributed by atoms with Gasteiger partial charge >= 0.3 is 0 Å². The molecule has 1 heterocycles. The molecule has 8 heteroatoms. The molecule has 1 saturated heterocycles. The molecule has 1 aliphatic rings. The quantitative estimate of drug-likeness (QED) is 0.557. The van der Waals surface area contributed by atoms with E-state index in [0.717, 1.165) is 0 Å². The molecule has 5 nitrogen and oxygen atoms in total. The van der Waals surface area contributed by atoms with Crippen LogP contribution in [0.3, 0.4) is 0 Å². The minimum absolute atomic E-state index is 0. The number of hydrogen-bond donors (Lipinski definition) is 0. The monoisotopic (exact) mass is 237 g/mol. The molecule has 67 valence electrons. The van der Waals surface area contributed by atoms with E-state index in [-0.39, 0.29) is 69.3 Å². The predicted molar refractivity (Wildman–Crippen MR) is 46.1 cm³/mol. The van der Waals surface area contributed by atoms with Crippen LogP contribution in [0.1, 0.15) is 6.42 Å². The van der Waals surface area contributed by atoms with Crippen molar-refractivity contribution in [3.8, 4) is 0 Å². The molecule has 0 aliphatic carbocycles. The molecule has 0 spiro atoms. The van der Waals surface area contributed by atoms with E-state index in [1.54, 1.807) is 0 Å². The van der Waals surface area contributed by atoms with Gasteiger partial charge in [0.05, 0.1) is 26.8 Å². The van der Waals surface area contributed by atoms with Gasteiger partial charge in [0.25, 0.3) is 0 Å². The van der Waals surface area contributed by atoms with Crippen molar-refractivity contribution in [2.45, 2.75) is 11.7 Å². The summed E-state index contributed by atoms with van der Waals surface area (Å²) in [5.74, 6) is -0.478. The summed E-state index contributed by atoms with van der Waals surface area (Å²) in [6, 6.07) is 0. The van der Waals surface area contributed by atoms with Crippen LogP contribution in [0, 0.1) is 0 Å². The Morgan fingerprint density at radius 2 is 1.83 bits per heavy atom. The van der Waals surface area contributed by atoms with Gasteiger partial charge in [-0.15, -0.1) is 0 Å². The van der Waals surface area contributed by atoms with E-state index in [2.05, 4.69) is 0 Å². The molecule has 1 aliphatic heterocycles. The van der Waals surface area contributed by atoms with Gasteiger partial charge in [-0.2, -0.15) is 0 Å². The van der Waals surface area contributed by atoms with E-state index >= 15 is 0 Å². The van der Waals surface area contributed by atoms with Gasteiger partial charge in [-0.25, -0.2) is 16.8 Å². The van der Waals surface area contributed by atoms with Crippen molar-refractivity contribution in [1.82, 2.24) is 0 Å². The number of rotatable bonds is 1. The van der Waals surface area contributed by atoms with Crippen LogP contribution < -0.4 is 0 Å². The third-order valence-corrected chi connectivity index (χ3v) is 4.89. The van der Waals surface area contributed by atoms with Gasteiger partial charge in [-0.3, -0.25) is 0 Å². The molecule has 1 N–H and O–H groups in total. The number of sulfonamides is 1. The second-order valence-electron chi connectivity index (χ2n) is 2.57. The van der Waals surface area contributed by atoms with Crippen LogP contribution in [-0.4, -0.2) is 85.0 Å². The van der Waals surface area contributed by atoms with E-state index in [1.807, 2.05) is 0 Å². The second kappa shape index (κ2) is 4.35. The molecule has 1 radical (unpaired) electrons. The first kappa shape index (κ1) is 13.5. The van der Waals surface area contributed by atoms with Gasteiger partial charge in [-0.05, 0) is 6.42 Å². The average Bonchev–Trinajstić information content (AvgIpc) is 2.07. The minimum atomic E-state index is -3.90. The van der Waals surface area contributed by atoms with Gasteiger partial charge in [0, 0.05) is 51.4 Å². The van der Waals surface area contributed by atoms with E-state index < -0.39 is 25.1 Å². The Morgan fingerprint density at radius 3 is 2.00 bits per heavy atom. The maximum Gasteiger partial charge on any atom is 0.151 e. The molecule has 1 atom stereocenters. The number of hydrogen-bond acceptors (Lipinski definition) is 4. The largest absolute Gasteiger partial charge is 0.564 e. The van der Waals surface area contributed by atoms with Crippen LogP contribution >= 0.6 is 0 Å². The van der Waals surface area contributed by atoms with Gasteiger partial charge in [-0.1, -0.05) is 0 Å². The van der Waals surface area contributed by atoms with E-state index in [9.17, 15) is 16.8 Å². The van der Waals surface area contributed by atoms with Crippen LogP contribution in [-0.2, 0) is 19.9 Å². The molecular weight excluding hydrogens is 229 g/mol. The van der Waals surface area contributed by atoms with Crippen molar-refractivity contribution in [2.24, 2.45) is 0 Å². The zero-order chi connectivity index (χ0) is 8.70. The summed E-state index contributed by atoms with van der Waals surface area (Å²) in [5.41, 5.74) is 0. The van der Waals surface area contributed by atoms with Gasteiger partial charge in [0.1, 0.15) is 0 Å². The SMILES string of the molecule is [K].[NH-]S(=O)(=O)C1CCS(=O)(=O)C1. The molecule has 0 amide bonds. The second-order valence-corrected chi connectivity index (χ2v) is 6.56. The van der Waals surface area contributed by atoms with Crippen LogP contribution in [0.15, 0.2) is 0 Å². The normalized spacial score (nSPS) is 27.9.